The third kappa shape index (κ3) is 3.68. The summed E-state index contributed by atoms with van der Waals surface area (Å²) in [6.07, 6.45) is 0. The number of hydrogen-bond donors (Lipinski definition) is 1. The summed E-state index contributed by atoms with van der Waals surface area (Å²) in [4.78, 5) is 10.9. The fraction of sp³-hybridized carbons (Fsp3) is 0.158. The molecule has 0 aliphatic carbocycles. The number of anilines is 3. The van der Waals surface area contributed by atoms with Crippen LogP contribution in [0.5, 0.6) is 0 Å². The highest BCUT2D eigenvalue weighted by atomic mass is 19.1. The van der Waals surface area contributed by atoms with Crippen molar-refractivity contribution in [1.29, 1.82) is 0 Å². The zero-order valence-corrected chi connectivity index (χ0v) is 13.7. The second-order valence-corrected chi connectivity index (χ2v) is 5.53. The zero-order chi connectivity index (χ0) is 16.9. The first-order valence-electron chi connectivity index (χ1n) is 7.75. The quantitative estimate of drug-likeness (QED) is 0.760. The fourth-order valence-electron chi connectivity index (χ4n) is 2.40. The van der Waals surface area contributed by atoms with Gasteiger partial charge < -0.3 is 10.2 Å². The fourth-order valence-corrected chi connectivity index (χ4v) is 2.40. The van der Waals surface area contributed by atoms with E-state index >= 15 is 0 Å². The van der Waals surface area contributed by atoms with Crippen LogP contribution < -0.4 is 10.2 Å². The Kier molecular flexibility index (Phi) is 4.70. The lowest BCUT2D eigenvalue weighted by atomic mass is 10.2. The van der Waals surface area contributed by atoms with E-state index in [1.54, 1.807) is 12.1 Å². The van der Waals surface area contributed by atoms with Gasteiger partial charge in [-0.3, -0.25) is 0 Å². The first-order valence-corrected chi connectivity index (χ1v) is 7.75. The molecule has 0 saturated heterocycles. The van der Waals surface area contributed by atoms with Gasteiger partial charge in [0.15, 0.2) is 0 Å². The van der Waals surface area contributed by atoms with E-state index in [9.17, 15) is 4.39 Å². The molecule has 122 valence electrons. The van der Waals surface area contributed by atoms with Gasteiger partial charge in [0.05, 0.1) is 0 Å². The Bertz CT molecular complexity index is 821. The molecule has 0 radical (unpaired) electrons. The van der Waals surface area contributed by atoms with Gasteiger partial charge in [0, 0.05) is 36.6 Å². The van der Waals surface area contributed by atoms with Crippen LogP contribution in [0.1, 0.15) is 11.3 Å². The molecule has 0 saturated carbocycles. The number of aromatic nitrogens is 2. The molecule has 0 spiro atoms. The van der Waals surface area contributed by atoms with Crippen LogP contribution >= 0.6 is 0 Å². The van der Waals surface area contributed by atoms with E-state index in [-0.39, 0.29) is 5.82 Å². The Labute approximate surface area is 141 Å². The monoisotopic (exact) mass is 322 g/mol. The third-order valence-corrected chi connectivity index (χ3v) is 3.72. The van der Waals surface area contributed by atoms with Gasteiger partial charge in [-0.1, -0.05) is 36.4 Å². The molecular formula is C19H19FN4. The molecule has 3 aromatic rings. The molecule has 0 aliphatic rings. The van der Waals surface area contributed by atoms with E-state index in [1.165, 1.54) is 6.07 Å². The lowest BCUT2D eigenvalue weighted by Crippen LogP contribution is -2.14. The summed E-state index contributed by atoms with van der Waals surface area (Å²) < 4.78 is 13.7. The predicted molar refractivity (Wildman–Crippen MR) is 95.0 cm³/mol. The summed E-state index contributed by atoms with van der Waals surface area (Å²) in [5.41, 5.74) is 2.47. The lowest BCUT2D eigenvalue weighted by Gasteiger charge is -2.19. The summed E-state index contributed by atoms with van der Waals surface area (Å²) in [7, 11) is 1.96. The molecule has 0 atom stereocenters. The van der Waals surface area contributed by atoms with Crippen molar-refractivity contribution in [3.8, 4) is 0 Å². The van der Waals surface area contributed by atoms with Crippen molar-refractivity contribution in [3.05, 3.63) is 77.7 Å². The second kappa shape index (κ2) is 7.08. The van der Waals surface area contributed by atoms with Gasteiger partial charge in [-0.25, -0.2) is 9.37 Å². The molecule has 2 aromatic carbocycles. The van der Waals surface area contributed by atoms with Crippen LogP contribution in [0.15, 0.2) is 60.7 Å². The minimum atomic E-state index is -0.237. The first kappa shape index (κ1) is 15.9. The molecule has 24 heavy (non-hydrogen) atoms. The molecular weight excluding hydrogens is 303 g/mol. The highest BCUT2D eigenvalue weighted by Crippen LogP contribution is 2.22. The van der Waals surface area contributed by atoms with Crippen LogP contribution in [0.2, 0.25) is 0 Å². The number of aryl methyl sites for hydroxylation is 1. The highest BCUT2D eigenvalue weighted by molar-refractivity contribution is 5.60. The van der Waals surface area contributed by atoms with Crippen LogP contribution in [-0.4, -0.2) is 17.0 Å². The van der Waals surface area contributed by atoms with E-state index in [1.807, 2.05) is 61.3 Å². The van der Waals surface area contributed by atoms with Crippen molar-refractivity contribution in [2.45, 2.75) is 13.5 Å². The van der Waals surface area contributed by atoms with Crippen molar-refractivity contribution >= 4 is 17.5 Å². The molecule has 4 nitrogen and oxygen atoms in total. The molecule has 1 heterocycles. The Hall–Kier alpha value is -2.95. The largest absolute Gasteiger partial charge is 0.350 e. The van der Waals surface area contributed by atoms with Gasteiger partial charge in [-0.15, -0.1) is 0 Å². The Balaban J connectivity index is 1.80. The Morgan fingerprint density at radius 1 is 1.00 bits per heavy atom. The third-order valence-electron chi connectivity index (χ3n) is 3.72. The van der Waals surface area contributed by atoms with Gasteiger partial charge in [0.1, 0.15) is 11.6 Å². The van der Waals surface area contributed by atoms with E-state index in [0.717, 1.165) is 17.2 Å². The van der Waals surface area contributed by atoms with Crippen LogP contribution in [0.3, 0.4) is 0 Å². The Morgan fingerprint density at radius 2 is 1.71 bits per heavy atom. The standard InChI is InChI=1S/C19H19FN4/c1-14-12-18(24(2)16-9-4-3-5-10-16)23-19(22-14)21-13-15-8-6-7-11-17(15)20/h3-12H,13H2,1-2H3,(H,21,22,23). The number of rotatable bonds is 5. The van der Waals surface area contributed by atoms with E-state index in [2.05, 4.69) is 15.3 Å². The molecule has 0 amide bonds. The van der Waals surface area contributed by atoms with Gasteiger partial charge >= 0.3 is 0 Å². The van der Waals surface area contributed by atoms with Crippen molar-refractivity contribution in [2.24, 2.45) is 0 Å². The summed E-state index contributed by atoms with van der Waals surface area (Å²) in [6.45, 7) is 2.25. The van der Waals surface area contributed by atoms with Crippen molar-refractivity contribution in [3.63, 3.8) is 0 Å². The first-order chi connectivity index (χ1) is 11.6. The zero-order valence-electron chi connectivity index (χ0n) is 13.7. The molecule has 0 unspecified atom stereocenters. The maximum atomic E-state index is 13.7. The topological polar surface area (TPSA) is 41.1 Å². The smallest absolute Gasteiger partial charge is 0.225 e. The van der Waals surface area contributed by atoms with E-state index in [0.29, 0.717) is 18.1 Å². The number of nitrogens with one attached hydrogen (secondary N) is 1. The summed E-state index contributed by atoms with van der Waals surface area (Å²) in [6, 6.07) is 18.6. The number of nitrogens with zero attached hydrogens (tertiary/aromatic N) is 3. The molecule has 3 rings (SSSR count). The van der Waals surface area contributed by atoms with Crippen molar-refractivity contribution in [2.75, 3.05) is 17.3 Å². The molecule has 0 fully saturated rings. The minimum Gasteiger partial charge on any atom is -0.350 e. The van der Waals surface area contributed by atoms with Crippen LogP contribution in [0.4, 0.5) is 21.8 Å². The average Bonchev–Trinajstić information content (AvgIpc) is 2.61. The minimum absolute atomic E-state index is 0.237. The number of para-hydroxylation sites is 1. The second-order valence-electron chi connectivity index (χ2n) is 5.53. The summed E-state index contributed by atoms with van der Waals surface area (Å²) >= 11 is 0. The van der Waals surface area contributed by atoms with Crippen LogP contribution in [-0.2, 0) is 6.54 Å². The SMILES string of the molecule is Cc1cc(N(C)c2ccccc2)nc(NCc2ccccc2F)n1. The molecule has 0 aliphatic heterocycles. The number of halogens is 1. The van der Waals surface area contributed by atoms with Gasteiger partial charge in [-0.05, 0) is 25.1 Å². The van der Waals surface area contributed by atoms with Crippen LogP contribution in [0.25, 0.3) is 0 Å². The number of hydrogen-bond acceptors (Lipinski definition) is 4. The highest BCUT2D eigenvalue weighted by Gasteiger charge is 2.09. The summed E-state index contributed by atoms with van der Waals surface area (Å²) in [5, 5.41) is 3.10. The molecule has 0 bridgehead atoms. The maximum Gasteiger partial charge on any atom is 0.225 e. The van der Waals surface area contributed by atoms with Crippen molar-refractivity contribution < 1.29 is 4.39 Å². The van der Waals surface area contributed by atoms with Crippen LogP contribution in [0, 0.1) is 12.7 Å². The Morgan fingerprint density at radius 3 is 2.46 bits per heavy atom. The average molecular weight is 322 g/mol. The number of benzene rings is 2. The van der Waals surface area contributed by atoms with Gasteiger partial charge in [0.2, 0.25) is 5.95 Å². The molecule has 1 aromatic heterocycles. The lowest BCUT2D eigenvalue weighted by molar-refractivity contribution is 0.612. The van der Waals surface area contributed by atoms with Gasteiger partial charge in [-0.2, -0.15) is 4.98 Å². The summed E-state index contributed by atoms with van der Waals surface area (Å²) in [5.74, 6) is 1.03. The normalized spacial score (nSPS) is 10.5. The maximum absolute atomic E-state index is 13.7. The van der Waals surface area contributed by atoms with Crippen molar-refractivity contribution in [1.82, 2.24) is 9.97 Å². The van der Waals surface area contributed by atoms with E-state index in [4.69, 9.17) is 0 Å². The predicted octanol–water partition coefficient (Wildman–Crippen LogP) is 4.30. The molecule has 5 heteroatoms. The van der Waals surface area contributed by atoms with E-state index < -0.39 is 0 Å². The molecule has 1 N–H and O–H groups in total. The van der Waals surface area contributed by atoms with Gasteiger partial charge in [0.25, 0.3) is 0 Å².